The minimum absolute atomic E-state index is 0. The van der Waals surface area contributed by atoms with Crippen molar-refractivity contribution >= 4 is 27.7 Å². The van der Waals surface area contributed by atoms with Gasteiger partial charge in [0.05, 0.1) is 0 Å². The molecule has 1 aromatic heterocycles. The predicted octanol–water partition coefficient (Wildman–Crippen LogP) is 1.80. The van der Waals surface area contributed by atoms with Gasteiger partial charge in [0.2, 0.25) is 0 Å². The van der Waals surface area contributed by atoms with Gasteiger partial charge in [-0.15, -0.1) is 10.9 Å². The molecular formula is C8H7BrN2OY-2. The number of halogens is 1. The number of anilines is 1. The summed E-state index contributed by atoms with van der Waals surface area (Å²) in [6.07, 6.45) is 1.79. The Morgan fingerprint density at radius 1 is 1.77 bits per heavy atom. The molecule has 0 bridgehead atoms. The number of carbonyl (C=O) groups excluding carboxylic acids is 1. The fourth-order valence-electron chi connectivity index (χ4n) is 0.601. The van der Waals surface area contributed by atoms with E-state index in [1.54, 1.807) is 12.3 Å². The Morgan fingerprint density at radius 3 is 2.92 bits per heavy atom. The summed E-state index contributed by atoms with van der Waals surface area (Å²) in [7, 11) is 0. The Morgan fingerprint density at radius 2 is 2.46 bits per heavy atom. The molecular weight excluding hydrogens is 309 g/mol. The summed E-state index contributed by atoms with van der Waals surface area (Å²) in [5.74, 6) is 0.257. The number of amides is 1. The van der Waals surface area contributed by atoms with E-state index in [9.17, 15) is 4.79 Å². The predicted molar refractivity (Wildman–Crippen MR) is 49.4 cm³/mol. The Kier molecular flexibility index (Phi) is 6.73. The van der Waals surface area contributed by atoms with Gasteiger partial charge in [0, 0.05) is 38.5 Å². The Bertz CT molecular complexity index is 276. The van der Waals surface area contributed by atoms with E-state index < -0.39 is 0 Å². The van der Waals surface area contributed by atoms with Gasteiger partial charge in [-0.1, -0.05) is 0 Å². The number of hydrogen-bond acceptors (Lipinski definition) is 2. The monoisotopic (exact) mass is 315 g/mol. The number of pyridine rings is 1. The van der Waals surface area contributed by atoms with Crippen molar-refractivity contribution in [1.82, 2.24) is 4.98 Å². The number of nitrogens with one attached hydrogen (secondary N) is 1. The average molecular weight is 316 g/mol. The van der Waals surface area contributed by atoms with Gasteiger partial charge in [-0.3, -0.25) is 9.78 Å². The van der Waals surface area contributed by atoms with Crippen LogP contribution < -0.4 is 5.32 Å². The van der Waals surface area contributed by atoms with Crippen molar-refractivity contribution in [2.45, 2.75) is 6.42 Å². The summed E-state index contributed by atoms with van der Waals surface area (Å²) in [6.45, 7) is 3.44. The molecule has 1 rings (SSSR count). The fraction of sp³-hybridized carbons (Fsp3) is 0.125. The van der Waals surface area contributed by atoms with Crippen LogP contribution >= 0.6 is 15.9 Å². The molecule has 0 saturated carbocycles. The maximum atomic E-state index is 10.8. The van der Waals surface area contributed by atoms with Gasteiger partial charge < -0.3 is 12.2 Å². The summed E-state index contributed by atoms with van der Waals surface area (Å²) in [6, 6.07) is 4.47. The number of rotatable bonds is 2. The largest absolute Gasteiger partial charge is 0.334 e. The zero-order valence-corrected chi connectivity index (χ0v) is 11.3. The molecule has 0 aliphatic rings. The molecule has 5 heteroatoms. The second-order valence-corrected chi connectivity index (χ2v) is 2.99. The topological polar surface area (TPSA) is 42.0 Å². The van der Waals surface area contributed by atoms with Crippen LogP contribution in [0.5, 0.6) is 0 Å². The van der Waals surface area contributed by atoms with Crippen molar-refractivity contribution in [2.75, 3.05) is 5.32 Å². The quantitative estimate of drug-likeness (QED) is 0.846. The molecule has 1 aromatic rings. The molecule has 0 atom stereocenters. The van der Waals surface area contributed by atoms with Crippen LogP contribution in [-0.4, -0.2) is 10.9 Å². The van der Waals surface area contributed by atoms with Crippen molar-refractivity contribution < 1.29 is 37.5 Å². The van der Waals surface area contributed by atoms with Crippen LogP contribution in [0, 0.1) is 13.0 Å². The maximum Gasteiger partial charge on any atom is 0.194 e. The van der Waals surface area contributed by atoms with Gasteiger partial charge in [0.25, 0.3) is 0 Å². The van der Waals surface area contributed by atoms with Crippen LogP contribution in [0.15, 0.2) is 16.7 Å². The van der Waals surface area contributed by atoms with Crippen molar-refractivity contribution in [3.8, 4) is 0 Å². The summed E-state index contributed by atoms with van der Waals surface area (Å²) in [4.78, 5) is 14.7. The third-order valence-corrected chi connectivity index (χ3v) is 1.58. The minimum Gasteiger partial charge on any atom is -0.334 e. The molecule has 67 valence electrons. The van der Waals surface area contributed by atoms with Gasteiger partial charge in [-0.25, -0.2) is 12.1 Å². The third kappa shape index (κ3) is 4.84. The zero-order chi connectivity index (χ0) is 8.97. The maximum absolute atomic E-state index is 10.8. The SMILES string of the molecule is [CH2-]CC(=O)Nc1[c-]cc(Br)cn1.[Y]. The molecule has 1 amide bonds. The van der Waals surface area contributed by atoms with Crippen molar-refractivity contribution in [1.29, 1.82) is 0 Å². The van der Waals surface area contributed by atoms with Crippen LogP contribution in [0.4, 0.5) is 5.82 Å². The van der Waals surface area contributed by atoms with Gasteiger partial charge >= 0.3 is 0 Å². The fourth-order valence-corrected chi connectivity index (χ4v) is 0.818. The van der Waals surface area contributed by atoms with E-state index in [4.69, 9.17) is 0 Å². The number of nitrogens with zero attached hydrogens (tertiary/aromatic N) is 1. The summed E-state index contributed by atoms with van der Waals surface area (Å²) >= 11 is 3.21. The van der Waals surface area contributed by atoms with Crippen LogP contribution in [-0.2, 0) is 37.5 Å². The molecule has 13 heavy (non-hydrogen) atoms. The van der Waals surface area contributed by atoms with Gasteiger partial charge in [0.15, 0.2) is 5.91 Å². The minimum atomic E-state index is -0.166. The molecule has 1 radical (unpaired) electrons. The summed E-state index contributed by atoms with van der Waals surface area (Å²) in [5.41, 5.74) is 0. The summed E-state index contributed by atoms with van der Waals surface area (Å²) < 4.78 is 0.829. The number of hydrogen-bond donors (Lipinski definition) is 1. The second kappa shape index (κ2) is 6.63. The zero-order valence-electron chi connectivity index (χ0n) is 6.88. The number of carbonyl (C=O) groups is 1. The molecule has 0 aromatic carbocycles. The standard InChI is InChI=1S/C8H7BrN2O.Y/c1-2-8(12)11-7-4-3-6(9)5-10-7;/h3,5H,1-2H2,(H,10,11,12);/q-2;. The van der Waals surface area contributed by atoms with Crippen LogP contribution in [0.25, 0.3) is 0 Å². The van der Waals surface area contributed by atoms with Crippen LogP contribution in [0.2, 0.25) is 0 Å². The first kappa shape index (κ1) is 13.2. The molecule has 0 spiro atoms. The van der Waals surface area contributed by atoms with E-state index in [-0.39, 0.29) is 45.0 Å². The molecule has 3 nitrogen and oxygen atoms in total. The van der Waals surface area contributed by atoms with Gasteiger partial charge in [-0.2, -0.15) is 15.9 Å². The summed E-state index contributed by atoms with van der Waals surface area (Å²) in [5, 5.41) is 2.53. The molecule has 1 N–H and O–H groups in total. The molecule has 0 saturated heterocycles. The first-order valence-electron chi connectivity index (χ1n) is 3.34. The van der Waals surface area contributed by atoms with E-state index in [0.717, 1.165) is 4.47 Å². The molecule has 1 heterocycles. The van der Waals surface area contributed by atoms with Crippen molar-refractivity contribution in [2.24, 2.45) is 0 Å². The smallest absolute Gasteiger partial charge is 0.194 e. The van der Waals surface area contributed by atoms with Crippen molar-refractivity contribution in [3.63, 3.8) is 0 Å². The van der Waals surface area contributed by atoms with E-state index in [0.29, 0.717) is 5.82 Å². The van der Waals surface area contributed by atoms with Gasteiger partial charge in [0.1, 0.15) is 0 Å². The van der Waals surface area contributed by atoms with Gasteiger partial charge in [-0.05, 0) is 6.20 Å². The van der Waals surface area contributed by atoms with Crippen molar-refractivity contribution in [3.05, 3.63) is 29.7 Å². The Labute approximate surface area is 111 Å². The van der Waals surface area contributed by atoms with E-state index in [1.165, 1.54) is 0 Å². The second-order valence-electron chi connectivity index (χ2n) is 2.08. The average Bonchev–Trinajstić information content (AvgIpc) is 2.09. The molecule has 0 unspecified atom stereocenters. The van der Waals surface area contributed by atoms with Crippen LogP contribution in [0.3, 0.4) is 0 Å². The van der Waals surface area contributed by atoms with Crippen LogP contribution in [0.1, 0.15) is 6.42 Å². The molecule has 0 aliphatic heterocycles. The molecule has 0 aliphatic carbocycles. The molecule has 0 fully saturated rings. The Hall–Kier alpha value is 0.204. The normalized spacial score (nSPS) is 8.77. The first-order chi connectivity index (χ1) is 5.72. The van der Waals surface area contributed by atoms with E-state index in [2.05, 4.69) is 39.2 Å². The van der Waals surface area contributed by atoms with E-state index >= 15 is 0 Å². The number of aromatic nitrogens is 1. The Balaban J connectivity index is 0.00000144. The third-order valence-electron chi connectivity index (χ3n) is 1.15. The first-order valence-corrected chi connectivity index (χ1v) is 4.14. The van der Waals surface area contributed by atoms with E-state index in [1.807, 2.05) is 0 Å².